The molecule has 0 fully saturated rings. The summed E-state index contributed by atoms with van der Waals surface area (Å²) in [7, 11) is 1.60. The Bertz CT molecular complexity index is 667. The fourth-order valence-electron chi connectivity index (χ4n) is 1.68. The van der Waals surface area contributed by atoms with Crippen LogP contribution in [-0.4, -0.2) is 22.3 Å². The second kappa shape index (κ2) is 4.55. The number of imidazole rings is 1. The predicted octanol–water partition coefficient (Wildman–Crippen LogP) is 2.89. The number of ketones is 1. The van der Waals surface area contributed by atoms with Gasteiger partial charge in [0.15, 0.2) is 10.7 Å². The molecule has 0 N–H and O–H groups in total. The van der Waals surface area contributed by atoms with Gasteiger partial charge in [0.05, 0.1) is 24.1 Å². The van der Waals surface area contributed by atoms with Gasteiger partial charge in [-0.2, -0.15) is 0 Å². The van der Waals surface area contributed by atoms with Gasteiger partial charge in [-0.05, 0) is 0 Å². The number of carbonyl (C=O) groups excluding carboxylic acids is 1. The van der Waals surface area contributed by atoms with Crippen molar-refractivity contribution >= 4 is 33.4 Å². The van der Waals surface area contributed by atoms with E-state index in [1.54, 1.807) is 24.5 Å². The summed E-state index contributed by atoms with van der Waals surface area (Å²) in [6.45, 7) is 0. The molecule has 0 saturated heterocycles. The number of fused-ring (bicyclic) bond motifs is 1. The van der Waals surface area contributed by atoms with Gasteiger partial charge >= 0.3 is 0 Å². The third-order valence-corrected chi connectivity index (χ3v) is 4.29. The third-order valence-electron chi connectivity index (χ3n) is 2.57. The van der Waals surface area contributed by atoms with Crippen LogP contribution in [0.2, 0.25) is 0 Å². The number of rotatable bonds is 4. The minimum absolute atomic E-state index is 0.0778. The van der Waals surface area contributed by atoms with Gasteiger partial charge in [-0.15, -0.1) is 22.7 Å². The summed E-state index contributed by atoms with van der Waals surface area (Å²) in [6.07, 6.45) is 4.17. The number of aromatic nitrogens is 2. The van der Waals surface area contributed by atoms with E-state index in [1.165, 1.54) is 11.3 Å². The van der Waals surface area contributed by atoms with E-state index in [0.717, 1.165) is 16.4 Å². The van der Waals surface area contributed by atoms with Crippen LogP contribution in [0.25, 0.3) is 4.96 Å². The van der Waals surface area contributed by atoms with Crippen molar-refractivity contribution in [1.29, 1.82) is 0 Å². The molecular weight excluding hydrogens is 268 g/mol. The smallest absolute Gasteiger partial charge is 0.193 e. The Kier molecular flexibility index (Phi) is 2.89. The summed E-state index contributed by atoms with van der Waals surface area (Å²) in [5, 5.41) is 3.80. The van der Waals surface area contributed by atoms with Crippen LogP contribution in [0, 0.1) is 0 Å². The number of hydrogen-bond donors (Lipinski definition) is 0. The Morgan fingerprint density at radius 3 is 3.11 bits per heavy atom. The molecule has 3 rings (SSSR count). The standard InChI is InChI=1S/C12H10N2O2S2/c1-16-9-5-11(18-7-9)10(15)4-8-6-14-2-3-17-12(14)13-8/h2-3,5-7H,4H2,1H3. The van der Waals surface area contributed by atoms with Gasteiger partial charge in [-0.25, -0.2) is 4.98 Å². The Labute approximate surface area is 111 Å². The molecule has 0 radical (unpaired) electrons. The largest absolute Gasteiger partial charge is 0.496 e. The number of hydrogen-bond acceptors (Lipinski definition) is 5. The fourth-order valence-corrected chi connectivity index (χ4v) is 3.20. The molecule has 3 aromatic rings. The molecule has 18 heavy (non-hydrogen) atoms. The summed E-state index contributed by atoms with van der Waals surface area (Å²) >= 11 is 2.97. The number of thiophene rings is 1. The lowest BCUT2D eigenvalue weighted by Gasteiger charge is -1.93. The molecule has 3 aromatic heterocycles. The number of methoxy groups -OCH3 is 1. The third kappa shape index (κ3) is 2.04. The van der Waals surface area contributed by atoms with Crippen molar-refractivity contribution in [1.82, 2.24) is 9.38 Å². The van der Waals surface area contributed by atoms with Gasteiger partial charge in [0.1, 0.15) is 5.75 Å². The highest BCUT2D eigenvalue weighted by Gasteiger charge is 2.13. The first-order valence-electron chi connectivity index (χ1n) is 5.33. The van der Waals surface area contributed by atoms with Gasteiger partial charge in [-0.1, -0.05) is 0 Å². The topological polar surface area (TPSA) is 43.6 Å². The van der Waals surface area contributed by atoms with Gasteiger partial charge in [0.25, 0.3) is 0 Å². The SMILES string of the molecule is COc1csc(C(=O)Cc2cn3ccsc3n2)c1. The first-order chi connectivity index (χ1) is 8.76. The van der Waals surface area contributed by atoms with Crippen LogP contribution < -0.4 is 4.74 Å². The lowest BCUT2D eigenvalue weighted by Crippen LogP contribution is -2.01. The van der Waals surface area contributed by atoms with Crippen molar-refractivity contribution in [2.45, 2.75) is 6.42 Å². The summed E-state index contributed by atoms with van der Waals surface area (Å²) in [5.74, 6) is 0.809. The molecule has 4 nitrogen and oxygen atoms in total. The Morgan fingerprint density at radius 2 is 2.39 bits per heavy atom. The van der Waals surface area contributed by atoms with Crippen molar-refractivity contribution in [3.05, 3.63) is 39.8 Å². The minimum atomic E-state index is 0.0778. The average molecular weight is 278 g/mol. The van der Waals surface area contributed by atoms with Crippen LogP contribution in [0.3, 0.4) is 0 Å². The molecule has 0 aromatic carbocycles. The van der Waals surface area contributed by atoms with E-state index in [1.807, 2.05) is 27.6 Å². The first-order valence-corrected chi connectivity index (χ1v) is 7.09. The highest BCUT2D eigenvalue weighted by atomic mass is 32.1. The van der Waals surface area contributed by atoms with E-state index in [4.69, 9.17) is 4.74 Å². The molecule has 0 amide bonds. The monoisotopic (exact) mass is 278 g/mol. The zero-order valence-corrected chi connectivity index (χ0v) is 11.3. The number of nitrogens with zero attached hydrogens (tertiary/aromatic N) is 2. The van der Waals surface area contributed by atoms with Gasteiger partial charge < -0.3 is 4.74 Å². The molecule has 3 heterocycles. The first kappa shape index (κ1) is 11.4. The second-order valence-electron chi connectivity index (χ2n) is 3.78. The van der Waals surface area contributed by atoms with E-state index in [2.05, 4.69) is 4.98 Å². The van der Waals surface area contributed by atoms with Crippen LogP contribution in [0.5, 0.6) is 5.75 Å². The lowest BCUT2D eigenvalue weighted by atomic mass is 10.2. The summed E-state index contributed by atoms with van der Waals surface area (Å²) in [5.41, 5.74) is 0.805. The average Bonchev–Trinajstić information content (AvgIpc) is 3.02. The molecular formula is C12H10N2O2S2. The molecule has 92 valence electrons. The summed E-state index contributed by atoms with van der Waals surface area (Å²) in [6, 6.07) is 1.77. The molecule has 6 heteroatoms. The molecule has 0 aliphatic heterocycles. The molecule has 0 saturated carbocycles. The van der Waals surface area contributed by atoms with E-state index in [-0.39, 0.29) is 5.78 Å². The maximum atomic E-state index is 12.1. The van der Waals surface area contributed by atoms with E-state index >= 15 is 0 Å². The zero-order valence-electron chi connectivity index (χ0n) is 9.62. The van der Waals surface area contributed by atoms with Gasteiger partial charge in [0, 0.05) is 29.2 Å². The maximum absolute atomic E-state index is 12.1. The van der Waals surface area contributed by atoms with Crippen LogP contribution in [0.15, 0.2) is 29.2 Å². The van der Waals surface area contributed by atoms with Crippen LogP contribution in [-0.2, 0) is 6.42 Å². The van der Waals surface area contributed by atoms with E-state index in [9.17, 15) is 4.79 Å². The van der Waals surface area contributed by atoms with Crippen LogP contribution in [0.1, 0.15) is 15.4 Å². The fraction of sp³-hybridized carbons (Fsp3) is 0.167. The highest BCUT2D eigenvalue weighted by Crippen LogP contribution is 2.22. The zero-order chi connectivity index (χ0) is 12.5. The van der Waals surface area contributed by atoms with Crippen molar-refractivity contribution in [2.75, 3.05) is 7.11 Å². The van der Waals surface area contributed by atoms with E-state index < -0.39 is 0 Å². The number of carbonyl (C=O) groups is 1. The Hall–Kier alpha value is -1.66. The van der Waals surface area contributed by atoms with Crippen molar-refractivity contribution < 1.29 is 9.53 Å². The van der Waals surface area contributed by atoms with Crippen molar-refractivity contribution in [3.8, 4) is 5.75 Å². The summed E-state index contributed by atoms with van der Waals surface area (Å²) in [4.78, 5) is 18.1. The molecule has 0 aliphatic rings. The Morgan fingerprint density at radius 1 is 1.50 bits per heavy atom. The second-order valence-corrected chi connectivity index (χ2v) is 5.56. The van der Waals surface area contributed by atoms with Crippen LogP contribution in [0.4, 0.5) is 0 Å². The van der Waals surface area contributed by atoms with Crippen molar-refractivity contribution in [3.63, 3.8) is 0 Å². The van der Waals surface area contributed by atoms with Gasteiger partial charge in [-0.3, -0.25) is 9.20 Å². The Balaban J connectivity index is 1.79. The van der Waals surface area contributed by atoms with Gasteiger partial charge in [0.2, 0.25) is 0 Å². The molecule has 0 spiro atoms. The highest BCUT2D eigenvalue weighted by molar-refractivity contribution is 7.15. The number of ether oxygens (including phenoxy) is 1. The number of Topliss-reactive ketones (excluding diaryl/α,β-unsaturated/α-hetero) is 1. The predicted molar refractivity (Wildman–Crippen MR) is 72.0 cm³/mol. The number of thiazole rings is 1. The normalized spacial score (nSPS) is 10.9. The van der Waals surface area contributed by atoms with E-state index in [0.29, 0.717) is 11.3 Å². The maximum Gasteiger partial charge on any atom is 0.193 e. The minimum Gasteiger partial charge on any atom is -0.496 e. The molecule has 0 bridgehead atoms. The molecule has 0 unspecified atom stereocenters. The quantitative estimate of drug-likeness (QED) is 0.689. The lowest BCUT2D eigenvalue weighted by molar-refractivity contribution is 0.0995. The molecule has 0 atom stereocenters. The summed E-state index contributed by atoms with van der Waals surface area (Å²) < 4.78 is 7.00. The van der Waals surface area contributed by atoms with Crippen LogP contribution >= 0.6 is 22.7 Å². The van der Waals surface area contributed by atoms with Crippen molar-refractivity contribution in [2.24, 2.45) is 0 Å². The molecule has 0 aliphatic carbocycles.